The number of aromatic nitrogens is 2. The van der Waals surface area contributed by atoms with E-state index in [1.54, 1.807) is 10.9 Å². The van der Waals surface area contributed by atoms with E-state index in [1.807, 2.05) is 45.0 Å². The second-order valence-corrected chi connectivity index (χ2v) is 10.5. The van der Waals surface area contributed by atoms with Crippen LogP contribution in [0.5, 0.6) is 0 Å². The summed E-state index contributed by atoms with van der Waals surface area (Å²) in [6.45, 7) is 7.91. The average molecular weight is 480 g/mol. The van der Waals surface area contributed by atoms with Gasteiger partial charge in [0.1, 0.15) is 5.71 Å². The van der Waals surface area contributed by atoms with Crippen molar-refractivity contribution in [2.24, 2.45) is 29.1 Å². The molecule has 10 heteroatoms. The number of carbonyl (C=O) groups is 1. The third-order valence-corrected chi connectivity index (χ3v) is 7.51. The number of hydrogen-bond acceptors (Lipinski definition) is 5. The van der Waals surface area contributed by atoms with Gasteiger partial charge in [-0.15, -0.1) is 0 Å². The SMILES string of the molecule is CC1C(C(N)=O)=NC2=CC(CN3C[C@H](C(F)(F)F)OCC3(C)C)=CCC2(C)C1c1cnn(C)c1. The molecule has 2 aliphatic heterocycles. The molecular formula is C24H32F3N5O2. The molecule has 2 N–H and O–H groups in total. The first-order valence-electron chi connectivity index (χ1n) is 11.4. The molecule has 3 unspecified atom stereocenters. The Bertz CT molecular complexity index is 1070. The Labute approximate surface area is 197 Å². The van der Waals surface area contributed by atoms with Crippen molar-refractivity contribution in [3.8, 4) is 0 Å². The van der Waals surface area contributed by atoms with Crippen LogP contribution in [0, 0.1) is 11.3 Å². The zero-order chi connectivity index (χ0) is 25.1. The molecule has 0 saturated carbocycles. The van der Waals surface area contributed by atoms with Gasteiger partial charge in [-0.3, -0.25) is 19.4 Å². The molecule has 1 saturated heterocycles. The number of nitrogens with zero attached hydrogens (tertiary/aromatic N) is 4. The highest BCUT2D eigenvalue weighted by atomic mass is 19.4. The van der Waals surface area contributed by atoms with E-state index in [-0.39, 0.29) is 25.0 Å². The number of aliphatic imine (C=N–C) groups is 1. The molecule has 7 nitrogen and oxygen atoms in total. The van der Waals surface area contributed by atoms with Crippen molar-refractivity contribution < 1.29 is 22.7 Å². The molecule has 1 amide bonds. The summed E-state index contributed by atoms with van der Waals surface area (Å²) in [5.41, 5.74) is 7.63. The Morgan fingerprint density at radius 3 is 2.62 bits per heavy atom. The Kier molecular flexibility index (Phi) is 6.05. The van der Waals surface area contributed by atoms with Crippen LogP contribution in [-0.4, -0.2) is 63.8 Å². The minimum atomic E-state index is -4.41. The van der Waals surface area contributed by atoms with E-state index in [0.717, 1.165) is 16.8 Å². The molecule has 1 aromatic heterocycles. The molecule has 0 radical (unpaired) electrons. The van der Waals surface area contributed by atoms with Crippen LogP contribution in [0.1, 0.15) is 45.6 Å². The lowest BCUT2D eigenvalue weighted by atomic mass is 9.60. The molecule has 4 atom stereocenters. The highest BCUT2D eigenvalue weighted by Gasteiger charge is 2.50. The van der Waals surface area contributed by atoms with Crippen molar-refractivity contribution in [3.63, 3.8) is 0 Å². The summed E-state index contributed by atoms with van der Waals surface area (Å²) in [5.74, 6) is -0.841. The van der Waals surface area contributed by atoms with Crippen LogP contribution in [-0.2, 0) is 16.6 Å². The van der Waals surface area contributed by atoms with Crippen molar-refractivity contribution in [1.82, 2.24) is 14.7 Å². The van der Waals surface area contributed by atoms with Gasteiger partial charge in [-0.25, -0.2) is 0 Å². The molecule has 0 aromatic carbocycles. The first-order chi connectivity index (χ1) is 15.7. The number of fused-ring (bicyclic) bond motifs is 1. The lowest BCUT2D eigenvalue weighted by Crippen LogP contribution is -2.59. The summed E-state index contributed by atoms with van der Waals surface area (Å²) < 4.78 is 46.8. The smallest absolute Gasteiger partial charge is 0.366 e. The van der Waals surface area contributed by atoms with E-state index in [9.17, 15) is 18.0 Å². The molecule has 3 heterocycles. The Balaban J connectivity index is 1.67. The zero-order valence-electron chi connectivity index (χ0n) is 20.2. The number of rotatable bonds is 4. The number of primary amides is 1. The number of nitrogens with two attached hydrogens (primary N) is 1. The van der Waals surface area contributed by atoms with Crippen molar-refractivity contribution in [2.75, 3.05) is 19.7 Å². The Morgan fingerprint density at radius 2 is 2.03 bits per heavy atom. The standard InChI is InChI=1S/C24H32F3N5O2/c1-14-19(16-9-29-31(5)11-16)23(4)7-6-15(8-17(23)30-20(14)21(28)33)10-32-12-18(24(25,26)27)34-13-22(32,2)3/h6,8-9,11,14,18-19H,7,10,12-13H2,1-5H3,(H2,28,33)/t14?,18-,19?,23?/m1/s1. The van der Waals surface area contributed by atoms with Gasteiger partial charge in [0.2, 0.25) is 0 Å². The summed E-state index contributed by atoms with van der Waals surface area (Å²) in [6.07, 6.45) is 2.16. The third-order valence-electron chi connectivity index (χ3n) is 7.51. The largest absolute Gasteiger partial charge is 0.415 e. The van der Waals surface area contributed by atoms with E-state index in [2.05, 4.69) is 23.1 Å². The normalized spacial score (nSPS) is 31.9. The number of hydrogen-bond donors (Lipinski definition) is 1. The maximum Gasteiger partial charge on any atom is 0.415 e. The lowest BCUT2D eigenvalue weighted by Gasteiger charge is -2.48. The number of amides is 1. The van der Waals surface area contributed by atoms with E-state index in [1.165, 1.54) is 0 Å². The van der Waals surface area contributed by atoms with Gasteiger partial charge in [0.25, 0.3) is 5.91 Å². The fraction of sp³-hybridized carbons (Fsp3) is 0.625. The number of allylic oxidation sites excluding steroid dienone is 2. The molecular weight excluding hydrogens is 447 g/mol. The highest BCUT2D eigenvalue weighted by molar-refractivity contribution is 6.39. The Hall–Kier alpha value is -2.46. The number of alkyl halides is 3. The molecule has 186 valence electrons. The van der Waals surface area contributed by atoms with Crippen molar-refractivity contribution >= 4 is 11.6 Å². The lowest BCUT2D eigenvalue weighted by molar-refractivity contribution is -0.252. The first-order valence-corrected chi connectivity index (χ1v) is 11.4. The molecule has 3 aliphatic rings. The molecule has 1 fully saturated rings. The molecule has 1 aliphatic carbocycles. The van der Waals surface area contributed by atoms with Crippen molar-refractivity contribution in [3.05, 3.63) is 41.4 Å². The van der Waals surface area contributed by atoms with Gasteiger partial charge < -0.3 is 10.5 Å². The van der Waals surface area contributed by atoms with Gasteiger partial charge >= 0.3 is 6.18 Å². The number of halogens is 3. The number of carbonyl (C=O) groups excluding carboxylic acids is 1. The summed E-state index contributed by atoms with van der Waals surface area (Å²) in [5, 5.41) is 4.32. The molecule has 4 rings (SSSR count). The highest BCUT2D eigenvalue weighted by Crippen LogP contribution is 2.54. The zero-order valence-corrected chi connectivity index (χ0v) is 20.2. The van der Waals surface area contributed by atoms with E-state index < -0.39 is 29.1 Å². The van der Waals surface area contributed by atoms with Crippen molar-refractivity contribution in [1.29, 1.82) is 0 Å². The van der Waals surface area contributed by atoms with Gasteiger partial charge in [0, 0.05) is 54.8 Å². The van der Waals surface area contributed by atoms with Crippen LogP contribution in [0.15, 0.2) is 40.8 Å². The second kappa shape index (κ2) is 8.34. The minimum absolute atomic E-state index is 0.0106. The molecule has 0 spiro atoms. The topological polar surface area (TPSA) is 85.7 Å². The summed E-state index contributed by atoms with van der Waals surface area (Å²) in [7, 11) is 1.84. The number of morpholine rings is 1. The predicted molar refractivity (Wildman–Crippen MR) is 122 cm³/mol. The molecule has 34 heavy (non-hydrogen) atoms. The Morgan fingerprint density at radius 1 is 1.32 bits per heavy atom. The molecule has 1 aromatic rings. The maximum atomic E-state index is 13.3. The van der Waals surface area contributed by atoms with Gasteiger partial charge in [0.05, 0.1) is 12.8 Å². The van der Waals surface area contributed by atoms with Crippen LogP contribution in [0.2, 0.25) is 0 Å². The summed E-state index contributed by atoms with van der Waals surface area (Å²) in [6, 6.07) is 0. The summed E-state index contributed by atoms with van der Waals surface area (Å²) >= 11 is 0. The monoisotopic (exact) mass is 479 g/mol. The van der Waals surface area contributed by atoms with Gasteiger partial charge in [-0.05, 0) is 37.5 Å². The fourth-order valence-corrected chi connectivity index (χ4v) is 5.47. The van der Waals surface area contributed by atoms with Gasteiger partial charge in [-0.1, -0.05) is 19.9 Å². The molecule has 0 bridgehead atoms. The number of ether oxygens (including phenoxy) is 1. The van der Waals surface area contributed by atoms with Crippen LogP contribution < -0.4 is 5.73 Å². The quantitative estimate of drug-likeness (QED) is 0.718. The number of aryl methyl sites for hydroxylation is 1. The third kappa shape index (κ3) is 4.33. The van der Waals surface area contributed by atoms with Crippen LogP contribution in [0.4, 0.5) is 13.2 Å². The van der Waals surface area contributed by atoms with Crippen LogP contribution in [0.3, 0.4) is 0 Å². The van der Waals surface area contributed by atoms with Crippen LogP contribution in [0.25, 0.3) is 0 Å². The van der Waals surface area contributed by atoms with Gasteiger partial charge in [0.15, 0.2) is 6.10 Å². The second-order valence-electron chi connectivity index (χ2n) is 10.5. The van der Waals surface area contributed by atoms with E-state index in [0.29, 0.717) is 18.7 Å². The van der Waals surface area contributed by atoms with Crippen molar-refractivity contribution in [2.45, 2.75) is 57.9 Å². The van der Waals surface area contributed by atoms with E-state index >= 15 is 0 Å². The fourth-order valence-electron chi connectivity index (χ4n) is 5.47. The predicted octanol–water partition coefficient (Wildman–Crippen LogP) is 3.34. The first kappa shape index (κ1) is 24.7. The summed E-state index contributed by atoms with van der Waals surface area (Å²) in [4.78, 5) is 18.7. The maximum absolute atomic E-state index is 13.3. The average Bonchev–Trinajstić information content (AvgIpc) is 3.13. The van der Waals surface area contributed by atoms with Gasteiger partial charge in [-0.2, -0.15) is 18.3 Å². The minimum Gasteiger partial charge on any atom is -0.366 e. The van der Waals surface area contributed by atoms with Crippen LogP contribution >= 0.6 is 0 Å². The van der Waals surface area contributed by atoms with E-state index in [4.69, 9.17) is 10.5 Å².